The monoisotopic (exact) mass is 187 g/mol. The minimum absolute atomic E-state index is 0.418. The van der Waals surface area contributed by atoms with Crippen LogP contribution in [0.25, 0.3) is 0 Å². The zero-order valence-electron chi connectivity index (χ0n) is 8.82. The summed E-state index contributed by atoms with van der Waals surface area (Å²) >= 11 is 0. The van der Waals surface area contributed by atoms with Gasteiger partial charge in [0.15, 0.2) is 0 Å². The van der Waals surface area contributed by atoms with Gasteiger partial charge in [0, 0.05) is 12.6 Å². The van der Waals surface area contributed by atoms with Crippen molar-refractivity contribution in [1.82, 2.24) is 0 Å². The van der Waals surface area contributed by atoms with Crippen molar-refractivity contribution in [2.24, 2.45) is 11.1 Å². The van der Waals surface area contributed by atoms with Crippen LogP contribution in [-0.4, -0.2) is 22.1 Å². The van der Waals surface area contributed by atoms with Crippen LogP contribution in [0.4, 0.5) is 0 Å². The molecule has 2 N–H and O–H groups in total. The minimum atomic E-state index is -0.721. The molecule has 0 aliphatic rings. The lowest BCUT2D eigenvalue weighted by atomic mass is 9.94. The van der Waals surface area contributed by atoms with E-state index in [1.165, 1.54) is 6.21 Å². The molecule has 13 heavy (non-hydrogen) atoms. The molecule has 0 aliphatic carbocycles. The van der Waals surface area contributed by atoms with Crippen LogP contribution in [0.15, 0.2) is 5.16 Å². The van der Waals surface area contributed by atoms with E-state index in [1.54, 1.807) is 6.92 Å². The SMILES string of the molecule is CC(C)CCCC(C)(O)CC=NO. The molecule has 0 aromatic heterocycles. The number of oxime groups is 1. The summed E-state index contributed by atoms with van der Waals surface area (Å²) in [4.78, 5) is 0. The second-order valence-corrected chi connectivity index (χ2v) is 4.29. The molecule has 0 fully saturated rings. The third kappa shape index (κ3) is 7.78. The highest BCUT2D eigenvalue weighted by molar-refractivity contribution is 5.57. The van der Waals surface area contributed by atoms with Crippen LogP contribution >= 0.6 is 0 Å². The van der Waals surface area contributed by atoms with Gasteiger partial charge in [0.05, 0.1) is 5.60 Å². The van der Waals surface area contributed by atoms with E-state index >= 15 is 0 Å². The standard InChI is InChI=1S/C10H21NO2/c1-9(2)5-4-6-10(3,12)7-8-11-13/h8-9,12-13H,4-7H2,1-3H3. The van der Waals surface area contributed by atoms with E-state index in [4.69, 9.17) is 5.21 Å². The van der Waals surface area contributed by atoms with E-state index in [0.29, 0.717) is 12.3 Å². The summed E-state index contributed by atoms with van der Waals surface area (Å²) in [7, 11) is 0. The van der Waals surface area contributed by atoms with Crippen LogP contribution in [-0.2, 0) is 0 Å². The molecule has 0 spiro atoms. The number of hydrogen-bond donors (Lipinski definition) is 2. The van der Waals surface area contributed by atoms with Crippen molar-refractivity contribution in [1.29, 1.82) is 0 Å². The van der Waals surface area contributed by atoms with E-state index in [0.717, 1.165) is 19.3 Å². The van der Waals surface area contributed by atoms with E-state index < -0.39 is 5.60 Å². The second-order valence-electron chi connectivity index (χ2n) is 4.29. The highest BCUT2D eigenvalue weighted by atomic mass is 16.4. The summed E-state index contributed by atoms with van der Waals surface area (Å²) in [6, 6.07) is 0. The molecule has 0 aromatic carbocycles. The van der Waals surface area contributed by atoms with Crippen LogP contribution in [0.5, 0.6) is 0 Å². The van der Waals surface area contributed by atoms with Crippen molar-refractivity contribution in [3.8, 4) is 0 Å². The average Bonchev–Trinajstić information content (AvgIpc) is 2.00. The third-order valence-corrected chi connectivity index (χ3v) is 2.11. The van der Waals surface area contributed by atoms with Crippen molar-refractivity contribution in [3.05, 3.63) is 0 Å². The summed E-state index contributed by atoms with van der Waals surface area (Å²) in [5, 5.41) is 20.8. The molecule has 0 rings (SSSR count). The molecule has 0 bridgehead atoms. The molecule has 1 unspecified atom stereocenters. The third-order valence-electron chi connectivity index (χ3n) is 2.11. The minimum Gasteiger partial charge on any atom is -0.411 e. The quantitative estimate of drug-likeness (QED) is 0.381. The van der Waals surface area contributed by atoms with Crippen LogP contribution in [0.2, 0.25) is 0 Å². The van der Waals surface area contributed by atoms with Gasteiger partial charge in [-0.15, -0.1) is 5.16 Å². The lowest BCUT2D eigenvalue weighted by Crippen LogP contribution is -2.24. The fourth-order valence-electron chi connectivity index (χ4n) is 1.23. The van der Waals surface area contributed by atoms with Crippen LogP contribution < -0.4 is 0 Å². The van der Waals surface area contributed by atoms with Gasteiger partial charge in [-0.05, 0) is 19.3 Å². The number of hydrogen-bond acceptors (Lipinski definition) is 3. The van der Waals surface area contributed by atoms with E-state index in [2.05, 4.69) is 19.0 Å². The first kappa shape index (κ1) is 12.4. The predicted molar refractivity (Wildman–Crippen MR) is 54.2 cm³/mol. The molecule has 3 heteroatoms. The molecule has 0 saturated heterocycles. The maximum Gasteiger partial charge on any atom is 0.0670 e. The van der Waals surface area contributed by atoms with Crippen LogP contribution in [0, 0.1) is 5.92 Å². The van der Waals surface area contributed by atoms with Gasteiger partial charge >= 0.3 is 0 Å². The molecule has 0 amide bonds. The first-order valence-corrected chi connectivity index (χ1v) is 4.86. The van der Waals surface area contributed by atoms with Gasteiger partial charge in [-0.3, -0.25) is 0 Å². The molecule has 0 aromatic rings. The van der Waals surface area contributed by atoms with Gasteiger partial charge in [-0.1, -0.05) is 26.7 Å². The van der Waals surface area contributed by atoms with Gasteiger partial charge in [0.25, 0.3) is 0 Å². The Labute approximate surface area is 80.5 Å². The summed E-state index contributed by atoms with van der Waals surface area (Å²) in [6.07, 6.45) is 4.67. The average molecular weight is 187 g/mol. The molecule has 0 heterocycles. The molecule has 0 aliphatic heterocycles. The Bertz CT molecular complexity index is 153. The largest absolute Gasteiger partial charge is 0.411 e. The fraction of sp³-hybridized carbons (Fsp3) is 0.900. The van der Waals surface area contributed by atoms with Gasteiger partial charge < -0.3 is 10.3 Å². The zero-order chi connectivity index (χ0) is 10.3. The van der Waals surface area contributed by atoms with Crippen molar-refractivity contribution >= 4 is 6.21 Å². The summed E-state index contributed by atoms with van der Waals surface area (Å²) < 4.78 is 0. The summed E-state index contributed by atoms with van der Waals surface area (Å²) in [5.74, 6) is 0.683. The number of nitrogens with zero attached hydrogens (tertiary/aromatic N) is 1. The van der Waals surface area contributed by atoms with Crippen molar-refractivity contribution in [3.63, 3.8) is 0 Å². The van der Waals surface area contributed by atoms with Gasteiger partial charge in [0.2, 0.25) is 0 Å². The lowest BCUT2D eigenvalue weighted by Gasteiger charge is -2.21. The Morgan fingerprint density at radius 1 is 1.46 bits per heavy atom. The van der Waals surface area contributed by atoms with E-state index in [-0.39, 0.29) is 0 Å². The maximum atomic E-state index is 9.76. The molecular weight excluding hydrogens is 166 g/mol. The molecular formula is C10H21NO2. The topological polar surface area (TPSA) is 52.8 Å². The van der Waals surface area contributed by atoms with Gasteiger partial charge in [-0.25, -0.2) is 0 Å². The Hall–Kier alpha value is -0.570. The molecule has 1 atom stereocenters. The highest BCUT2D eigenvalue weighted by Crippen LogP contribution is 2.18. The van der Waals surface area contributed by atoms with Crippen molar-refractivity contribution < 1.29 is 10.3 Å². The molecule has 3 nitrogen and oxygen atoms in total. The summed E-state index contributed by atoms with van der Waals surface area (Å²) in [6.45, 7) is 6.11. The maximum absolute atomic E-state index is 9.76. The summed E-state index contributed by atoms with van der Waals surface area (Å²) in [5.41, 5.74) is -0.721. The number of aliphatic hydroxyl groups is 1. The fourth-order valence-corrected chi connectivity index (χ4v) is 1.23. The Morgan fingerprint density at radius 2 is 2.08 bits per heavy atom. The van der Waals surface area contributed by atoms with Gasteiger partial charge in [0.1, 0.15) is 0 Å². The highest BCUT2D eigenvalue weighted by Gasteiger charge is 2.18. The van der Waals surface area contributed by atoms with Crippen LogP contribution in [0.3, 0.4) is 0 Å². The normalized spacial score (nSPS) is 16.7. The smallest absolute Gasteiger partial charge is 0.0670 e. The molecule has 0 radical (unpaired) electrons. The van der Waals surface area contributed by atoms with Crippen molar-refractivity contribution in [2.75, 3.05) is 0 Å². The lowest BCUT2D eigenvalue weighted by molar-refractivity contribution is 0.0553. The first-order chi connectivity index (χ1) is 5.98. The van der Waals surface area contributed by atoms with E-state index in [1.807, 2.05) is 0 Å². The Morgan fingerprint density at radius 3 is 2.54 bits per heavy atom. The molecule has 0 saturated carbocycles. The van der Waals surface area contributed by atoms with E-state index in [9.17, 15) is 5.11 Å². The predicted octanol–water partition coefficient (Wildman–Crippen LogP) is 2.41. The molecule has 78 valence electrons. The first-order valence-electron chi connectivity index (χ1n) is 4.86. The Balaban J connectivity index is 3.62. The van der Waals surface area contributed by atoms with Crippen LogP contribution in [0.1, 0.15) is 46.5 Å². The van der Waals surface area contributed by atoms with Gasteiger partial charge in [-0.2, -0.15) is 0 Å². The Kier molecular flexibility index (Phi) is 5.71. The number of rotatable bonds is 6. The zero-order valence-corrected chi connectivity index (χ0v) is 8.82. The second kappa shape index (κ2) is 5.97. The van der Waals surface area contributed by atoms with Crippen molar-refractivity contribution in [2.45, 2.75) is 52.1 Å².